The van der Waals surface area contributed by atoms with Gasteiger partial charge in [0.2, 0.25) is 17.7 Å². The SMILES string of the molecule is CC(O)C(N)C(=O)N1CCCC1C(=O)NC(CC(=O)O)C(=O)NC(Cc1ccccc1)C(=O)O. The number of aliphatic hydroxyl groups is 1. The summed E-state index contributed by atoms with van der Waals surface area (Å²) in [6.07, 6.45) is -1.23. The van der Waals surface area contributed by atoms with E-state index in [4.69, 9.17) is 5.73 Å². The van der Waals surface area contributed by atoms with Gasteiger partial charge in [0, 0.05) is 13.0 Å². The van der Waals surface area contributed by atoms with Gasteiger partial charge in [0.15, 0.2) is 0 Å². The highest BCUT2D eigenvalue weighted by molar-refractivity contribution is 5.96. The Kier molecular flexibility index (Phi) is 9.51. The van der Waals surface area contributed by atoms with Gasteiger partial charge in [-0.3, -0.25) is 19.2 Å². The third-order valence-electron chi connectivity index (χ3n) is 5.55. The molecule has 0 spiro atoms. The number of hydrogen-bond acceptors (Lipinski definition) is 7. The van der Waals surface area contributed by atoms with Crippen molar-refractivity contribution in [3.8, 4) is 0 Å². The second kappa shape index (κ2) is 12.1. The molecule has 1 aromatic carbocycles. The number of nitrogens with two attached hydrogens (primary N) is 1. The standard InChI is InChI=1S/C22H30N4O8/c1-12(27)18(23)21(32)26-9-5-8-16(26)20(31)24-14(11-17(28)29)19(30)25-15(22(33)34)10-13-6-3-2-4-7-13/h2-4,6-7,12,14-16,18,27H,5,8-11,23H2,1H3,(H,24,31)(H,25,30)(H,28,29)(H,33,34). The van der Waals surface area contributed by atoms with Crippen LogP contribution >= 0.6 is 0 Å². The third-order valence-corrected chi connectivity index (χ3v) is 5.55. The summed E-state index contributed by atoms with van der Waals surface area (Å²) < 4.78 is 0. The Morgan fingerprint density at radius 3 is 2.29 bits per heavy atom. The summed E-state index contributed by atoms with van der Waals surface area (Å²) in [5, 5.41) is 32.9. The fourth-order valence-corrected chi connectivity index (χ4v) is 3.67. The van der Waals surface area contributed by atoms with Gasteiger partial charge in [-0.2, -0.15) is 0 Å². The Morgan fingerprint density at radius 2 is 1.74 bits per heavy atom. The predicted molar refractivity (Wildman–Crippen MR) is 118 cm³/mol. The lowest BCUT2D eigenvalue weighted by atomic mass is 10.0. The average Bonchev–Trinajstić information content (AvgIpc) is 3.27. The molecule has 1 aliphatic heterocycles. The Labute approximate surface area is 196 Å². The van der Waals surface area contributed by atoms with Gasteiger partial charge in [0.1, 0.15) is 24.2 Å². The molecule has 1 aliphatic rings. The minimum atomic E-state index is -1.56. The number of carbonyl (C=O) groups excluding carboxylic acids is 3. The Hall–Kier alpha value is -3.51. The quantitative estimate of drug-likeness (QED) is 0.218. The van der Waals surface area contributed by atoms with E-state index in [1.165, 1.54) is 11.8 Å². The monoisotopic (exact) mass is 478 g/mol. The molecule has 186 valence electrons. The maximum Gasteiger partial charge on any atom is 0.326 e. The summed E-state index contributed by atoms with van der Waals surface area (Å²) in [6, 6.07) is 3.39. The van der Waals surface area contributed by atoms with Crippen LogP contribution < -0.4 is 16.4 Å². The van der Waals surface area contributed by atoms with Crippen LogP contribution in [0.3, 0.4) is 0 Å². The van der Waals surface area contributed by atoms with E-state index in [0.29, 0.717) is 12.0 Å². The first-order chi connectivity index (χ1) is 16.0. The second-order valence-corrected chi connectivity index (χ2v) is 8.20. The first kappa shape index (κ1) is 26.7. The van der Waals surface area contributed by atoms with Gasteiger partial charge in [-0.1, -0.05) is 30.3 Å². The van der Waals surface area contributed by atoms with Crippen LogP contribution in [0.25, 0.3) is 0 Å². The van der Waals surface area contributed by atoms with E-state index in [1.807, 2.05) is 0 Å². The molecule has 5 atom stereocenters. The van der Waals surface area contributed by atoms with Crippen molar-refractivity contribution in [1.82, 2.24) is 15.5 Å². The molecule has 12 heteroatoms. The molecule has 0 radical (unpaired) electrons. The smallest absolute Gasteiger partial charge is 0.326 e. The predicted octanol–water partition coefficient (Wildman–Crippen LogP) is -1.54. The van der Waals surface area contributed by atoms with Crippen molar-refractivity contribution in [2.75, 3.05) is 6.54 Å². The lowest BCUT2D eigenvalue weighted by Gasteiger charge is -2.29. The van der Waals surface area contributed by atoms with Crippen molar-refractivity contribution < 1.29 is 39.3 Å². The van der Waals surface area contributed by atoms with Crippen LogP contribution in [0.4, 0.5) is 0 Å². The van der Waals surface area contributed by atoms with E-state index in [0.717, 1.165) is 0 Å². The molecule has 7 N–H and O–H groups in total. The molecule has 1 fully saturated rings. The van der Waals surface area contributed by atoms with E-state index >= 15 is 0 Å². The van der Waals surface area contributed by atoms with Gasteiger partial charge in [0.25, 0.3) is 0 Å². The molecular formula is C22H30N4O8. The average molecular weight is 479 g/mol. The minimum Gasteiger partial charge on any atom is -0.481 e. The lowest BCUT2D eigenvalue weighted by molar-refractivity contribution is -0.145. The fraction of sp³-hybridized carbons (Fsp3) is 0.500. The fourth-order valence-electron chi connectivity index (χ4n) is 3.67. The molecule has 0 bridgehead atoms. The van der Waals surface area contributed by atoms with E-state index in [2.05, 4.69) is 10.6 Å². The van der Waals surface area contributed by atoms with E-state index < -0.39 is 66.4 Å². The highest BCUT2D eigenvalue weighted by Crippen LogP contribution is 2.19. The summed E-state index contributed by atoms with van der Waals surface area (Å²) in [5.74, 6) is -5.08. The van der Waals surface area contributed by atoms with Gasteiger partial charge < -0.3 is 36.6 Å². The van der Waals surface area contributed by atoms with Crippen molar-refractivity contribution >= 4 is 29.7 Å². The zero-order valence-electron chi connectivity index (χ0n) is 18.7. The maximum atomic E-state index is 12.9. The van der Waals surface area contributed by atoms with Crippen LogP contribution in [0.2, 0.25) is 0 Å². The lowest BCUT2D eigenvalue weighted by Crippen LogP contribution is -2.58. The number of rotatable bonds is 11. The number of carboxylic acids is 2. The zero-order valence-corrected chi connectivity index (χ0v) is 18.7. The summed E-state index contributed by atoms with van der Waals surface area (Å²) in [5.41, 5.74) is 6.34. The topological polar surface area (TPSA) is 199 Å². The Bertz CT molecular complexity index is 907. The van der Waals surface area contributed by atoms with Crippen molar-refractivity contribution in [1.29, 1.82) is 0 Å². The molecule has 34 heavy (non-hydrogen) atoms. The number of likely N-dealkylation sites (tertiary alicyclic amines) is 1. The first-order valence-corrected chi connectivity index (χ1v) is 10.8. The van der Waals surface area contributed by atoms with Gasteiger partial charge in [0.05, 0.1) is 12.5 Å². The maximum absolute atomic E-state index is 12.9. The van der Waals surface area contributed by atoms with Gasteiger partial charge in [-0.15, -0.1) is 0 Å². The summed E-state index contributed by atoms with van der Waals surface area (Å²) in [4.78, 5) is 62.3. The molecule has 12 nitrogen and oxygen atoms in total. The van der Waals surface area contributed by atoms with E-state index in [1.54, 1.807) is 30.3 Å². The normalized spacial score (nSPS) is 18.9. The molecule has 1 saturated heterocycles. The largest absolute Gasteiger partial charge is 0.481 e. The van der Waals surface area contributed by atoms with Crippen LogP contribution in [0.15, 0.2) is 30.3 Å². The van der Waals surface area contributed by atoms with Crippen LogP contribution in [0.5, 0.6) is 0 Å². The number of carboxylic acid groups (broad SMARTS) is 2. The molecular weight excluding hydrogens is 448 g/mol. The highest BCUT2D eigenvalue weighted by atomic mass is 16.4. The van der Waals surface area contributed by atoms with Crippen LogP contribution in [0, 0.1) is 0 Å². The van der Waals surface area contributed by atoms with Crippen molar-refractivity contribution in [2.24, 2.45) is 5.73 Å². The Morgan fingerprint density at radius 1 is 1.09 bits per heavy atom. The molecule has 1 heterocycles. The molecule has 0 aliphatic carbocycles. The van der Waals surface area contributed by atoms with E-state index in [-0.39, 0.29) is 19.4 Å². The number of benzene rings is 1. The summed E-state index contributed by atoms with van der Waals surface area (Å²) in [7, 11) is 0. The number of aliphatic hydroxyl groups excluding tert-OH is 1. The van der Waals surface area contributed by atoms with Crippen LogP contribution in [-0.4, -0.2) is 86.7 Å². The van der Waals surface area contributed by atoms with Gasteiger partial charge >= 0.3 is 11.9 Å². The molecule has 1 aromatic rings. The number of nitrogens with one attached hydrogen (secondary N) is 2. The van der Waals surface area contributed by atoms with E-state index in [9.17, 15) is 39.3 Å². The second-order valence-electron chi connectivity index (χ2n) is 8.20. The number of nitrogens with zero attached hydrogens (tertiary/aromatic N) is 1. The van der Waals surface area contributed by atoms with Crippen molar-refractivity contribution in [3.63, 3.8) is 0 Å². The molecule has 0 aromatic heterocycles. The number of hydrogen-bond donors (Lipinski definition) is 6. The molecule has 5 unspecified atom stereocenters. The third kappa shape index (κ3) is 7.25. The van der Waals surface area contributed by atoms with Crippen molar-refractivity contribution in [3.05, 3.63) is 35.9 Å². The molecule has 0 saturated carbocycles. The van der Waals surface area contributed by atoms with Gasteiger partial charge in [-0.05, 0) is 25.3 Å². The number of carbonyl (C=O) groups is 5. The highest BCUT2D eigenvalue weighted by Gasteiger charge is 2.39. The van der Waals surface area contributed by atoms with Gasteiger partial charge in [-0.25, -0.2) is 4.79 Å². The Balaban J connectivity index is 2.12. The van der Waals surface area contributed by atoms with Crippen LogP contribution in [0.1, 0.15) is 31.7 Å². The van der Waals surface area contributed by atoms with Crippen LogP contribution in [-0.2, 0) is 30.4 Å². The zero-order chi connectivity index (χ0) is 25.4. The summed E-state index contributed by atoms with van der Waals surface area (Å²) in [6.45, 7) is 1.56. The number of amides is 3. The molecule has 2 rings (SSSR count). The number of aliphatic carboxylic acids is 2. The molecule has 3 amide bonds. The van der Waals surface area contributed by atoms with Crippen molar-refractivity contribution in [2.45, 2.75) is 62.9 Å². The first-order valence-electron chi connectivity index (χ1n) is 10.8. The summed E-state index contributed by atoms with van der Waals surface area (Å²) >= 11 is 0. The minimum absolute atomic E-state index is 0.0439.